The zero-order chi connectivity index (χ0) is 27.4. The van der Waals surface area contributed by atoms with Crippen molar-refractivity contribution in [2.24, 2.45) is 17.6 Å². The lowest BCUT2D eigenvalue weighted by atomic mass is 10.0. The van der Waals surface area contributed by atoms with E-state index in [9.17, 15) is 19.2 Å². The molecule has 0 aromatic heterocycles. The maximum atomic E-state index is 13.7. The number of nitrogens with two attached hydrogens (primary N) is 1. The summed E-state index contributed by atoms with van der Waals surface area (Å²) in [6.45, 7) is 8.49. The second-order valence-corrected chi connectivity index (χ2v) is 11.4. The number of nitrogens with zero attached hydrogens (tertiary/aromatic N) is 3. The molecular formula is C28H43N5O4. The zero-order valence-corrected chi connectivity index (χ0v) is 23.1. The Balaban J connectivity index is 1.72. The number of anilines is 1. The molecule has 1 aromatic rings. The maximum Gasteiger partial charge on any atom is 0.251 e. The van der Waals surface area contributed by atoms with Crippen molar-refractivity contribution in [3.8, 4) is 0 Å². The van der Waals surface area contributed by atoms with Crippen LogP contribution in [0.15, 0.2) is 24.3 Å². The largest absolute Gasteiger partial charge is 0.378 e. The molecule has 0 aliphatic carbocycles. The van der Waals surface area contributed by atoms with Gasteiger partial charge in [-0.3, -0.25) is 19.2 Å². The third kappa shape index (κ3) is 6.69. The van der Waals surface area contributed by atoms with Crippen molar-refractivity contribution in [2.75, 3.05) is 32.1 Å². The van der Waals surface area contributed by atoms with Crippen LogP contribution in [0.4, 0.5) is 5.69 Å². The molecule has 0 spiro atoms. The minimum atomic E-state index is -0.759. The normalized spacial score (nSPS) is 20.8. The highest BCUT2D eigenvalue weighted by molar-refractivity contribution is 6.01. The van der Waals surface area contributed by atoms with Crippen LogP contribution in [0.3, 0.4) is 0 Å². The summed E-state index contributed by atoms with van der Waals surface area (Å²) in [6.07, 6.45) is 2.38. The van der Waals surface area contributed by atoms with Crippen molar-refractivity contribution < 1.29 is 19.2 Å². The van der Waals surface area contributed by atoms with Gasteiger partial charge in [-0.05, 0) is 61.8 Å². The van der Waals surface area contributed by atoms with Crippen LogP contribution in [0, 0.1) is 11.8 Å². The third-order valence-electron chi connectivity index (χ3n) is 7.32. The molecule has 37 heavy (non-hydrogen) atoms. The first-order valence-electron chi connectivity index (χ1n) is 13.4. The van der Waals surface area contributed by atoms with Gasteiger partial charge >= 0.3 is 0 Å². The van der Waals surface area contributed by atoms with E-state index >= 15 is 0 Å². The van der Waals surface area contributed by atoms with Crippen LogP contribution in [0.5, 0.6) is 0 Å². The predicted molar refractivity (Wildman–Crippen MR) is 144 cm³/mol. The van der Waals surface area contributed by atoms with E-state index in [0.717, 1.165) is 12.1 Å². The van der Waals surface area contributed by atoms with Crippen LogP contribution in [0.1, 0.15) is 63.7 Å². The molecule has 2 aliphatic rings. The molecule has 2 fully saturated rings. The van der Waals surface area contributed by atoms with Gasteiger partial charge in [-0.25, -0.2) is 0 Å². The van der Waals surface area contributed by atoms with Gasteiger partial charge in [-0.1, -0.05) is 27.7 Å². The Labute approximate surface area is 220 Å². The molecule has 4 atom stereocenters. The monoisotopic (exact) mass is 513 g/mol. The minimum Gasteiger partial charge on any atom is -0.378 e. The summed E-state index contributed by atoms with van der Waals surface area (Å²) in [6, 6.07) is 4.74. The number of hydrogen-bond acceptors (Lipinski definition) is 6. The van der Waals surface area contributed by atoms with Crippen molar-refractivity contribution in [2.45, 2.75) is 77.5 Å². The van der Waals surface area contributed by atoms with Crippen molar-refractivity contribution in [3.05, 3.63) is 29.8 Å². The van der Waals surface area contributed by atoms with Gasteiger partial charge in [0, 0.05) is 31.9 Å². The number of ketones is 1. The number of fused-ring (bicyclic) bond motifs is 1. The molecule has 2 saturated heterocycles. The quantitative estimate of drug-likeness (QED) is 0.495. The summed E-state index contributed by atoms with van der Waals surface area (Å²) in [5.41, 5.74) is 7.61. The lowest BCUT2D eigenvalue weighted by Crippen LogP contribution is -2.53. The van der Waals surface area contributed by atoms with Gasteiger partial charge in [0.2, 0.25) is 11.8 Å². The van der Waals surface area contributed by atoms with E-state index in [2.05, 4.69) is 19.2 Å². The van der Waals surface area contributed by atoms with E-state index in [-0.39, 0.29) is 42.0 Å². The highest BCUT2D eigenvalue weighted by atomic mass is 16.2. The van der Waals surface area contributed by atoms with Crippen LogP contribution in [0.25, 0.3) is 0 Å². The zero-order valence-electron chi connectivity index (χ0n) is 23.1. The average molecular weight is 514 g/mol. The van der Waals surface area contributed by atoms with E-state index < -0.39 is 18.1 Å². The first kappa shape index (κ1) is 28.6. The summed E-state index contributed by atoms with van der Waals surface area (Å²) in [5, 5.41) is 2.91. The van der Waals surface area contributed by atoms with Crippen molar-refractivity contribution in [3.63, 3.8) is 0 Å². The van der Waals surface area contributed by atoms with Crippen LogP contribution < -0.4 is 16.0 Å². The standard InChI is InChI=1S/C28H43N5O4/c1-17(2)7-12-21(29)27(36)33-16-24(34)25-23(33)13-14-32(25)28(37)22(15-18(3)4)30-26(35)19-8-10-20(11-9-19)31(5)6/h8-11,17-18,21-23,25H,7,12-16,29H2,1-6H3,(H,30,35)/t21-,22-,23?,25?/m0/s1. The second kappa shape index (κ2) is 12.1. The van der Waals surface area contributed by atoms with Crippen molar-refractivity contribution in [1.29, 1.82) is 0 Å². The Morgan fingerprint density at radius 3 is 2.22 bits per heavy atom. The van der Waals surface area contributed by atoms with Gasteiger partial charge in [0.1, 0.15) is 12.1 Å². The van der Waals surface area contributed by atoms with E-state index in [1.807, 2.05) is 45.0 Å². The molecule has 2 heterocycles. The van der Waals surface area contributed by atoms with Gasteiger partial charge in [0.25, 0.3) is 5.91 Å². The predicted octanol–water partition coefficient (Wildman–Crippen LogP) is 2.04. The highest BCUT2D eigenvalue weighted by Gasteiger charge is 2.52. The summed E-state index contributed by atoms with van der Waals surface area (Å²) in [7, 11) is 3.85. The van der Waals surface area contributed by atoms with E-state index in [1.54, 1.807) is 21.9 Å². The van der Waals surface area contributed by atoms with Crippen LogP contribution in [0.2, 0.25) is 0 Å². The average Bonchev–Trinajstić information content (AvgIpc) is 3.42. The number of nitrogens with one attached hydrogen (secondary N) is 1. The molecular weight excluding hydrogens is 470 g/mol. The molecule has 2 aliphatic heterocycles. The van der Waals surface area contributed by atoms with E-state index in [1.165, 1.54) is 0 Å². The smallest absolute Gasteiger partial charge is 0.251 e. The lowest BCUT2D eigenvalue weighted by Gasteiger charge is -2.29. The van der Waals surface area contributed by atoms with E-state index in [0.29, 0.717) is 37.3 Å². The lowest BCUT2D eigenvalue weighted by molar-refractivity contribution is -0.138. The Bertz CT molecular complexity index is 991. The number of carbonyl (C=O) groups is 4. The second-order valence-electron chi connectivity index (χ2n) is 11.4. The fourth-order valence-electron chi connectivity index (χ4n) is 5.25. The van der Waals surface area contributed by atoms with Gasteiger partial charge in [0.05, 0.1) is 18.6 Å². The fourth-order valence-corrected chi connectivity index (χ4v) is 5.25. The molecule has 0 bridgehead atoms. The molecule has 3 amide bonds. The van der Waals surface area contributed by atoms with Crippen LogP contribution >= 0.6 is 0 Å². The number of likely N-dealkylation sites (tertiary alicyclic amines) is 2. The SMILES string of the molecule is CC(C)CC[C@H](N)C(=O)N1CC(=O)C2C1CCN2C(=O)[C@H](CC(C)C)NC(=O)c1ccc(N(C)C)cc1. The summed E-state index contributed by atoms with van der Waals surface area (Å²) in [5.74, 6) is -0.374. The van der Waals surface area contributed by atoms with Gasteiger partial charge < -0.3 is 25.8 Å². The highest BCUT2D eigenvalue weighted by Crippen LogP contribution is 2.31. The van der Waals surface area contributed by atoms with Gasteiger partial charge in [-0.2, -0.15) is 0 Å². The molecule has 3 rings (SSSR count). The molecule has 3 N–H and O–H groups in total. The first-order valence-corrected chi connectivity index (χ1v) is 13.4. The minimum absolute atomic E-state index is 0.0211. The maximum absolute atomic E-state index is 13.7. The molecule has 9 nitrogen and oxygen atoms in total. The van der Waals surface area contributed by atoms with Crippen molar-refractivity contribution in [1.82, 2.24) is 15.1 Å². The number of hydrogen-bond donors (Lipinski definition) is 2. The summed E-state index contributed by atoms with van der Waals surface area (Å²) >= 11 is 0. The number of rotatable bonds is 10. The summed E-state index contributed by atoms with van der Waals surface area (Å²) < 4.78 is 0. The van der Waals surface area contributed by atoms with E-state index in [4.69, 9.17) is 5.73 Å². The number of carbonyl (C=O) groups excluding carboxylic acids is 4. The van der Waals surface area contributed by atoms with Crippen LogP contribution in [-0.2, 0) is 14.4 Å². The molecule has 1 aromatic carbocycles. The van der Waals surface area contributed by atoms with Crippen LogP contribution in [-0.4, -0.2) is 84.7 Å². The molecule has 9 heteroatoms. The van der Waals surface area contributed by atoms with Crippen molar-refractivity contribution >= 4 is 29.2 Å². The first-order chi connectivity index (χ1) is 17.4. The Morgan fingerprint density at radius 1 is 1.00 bits per heavy atom. The Kier molecular flexibility index (Phi) is 9.34. The number of amides is 3. The fraction of sp³-hybridized carbons (Fsp3) is 0.643. The molecule has 2 unspecified atom stereocenters. The summed E-state index contributed by atoms with van der Waals surface area (Å²) in [4.78, 5) is 57.9. The number of benzene rings is 1. The Morgan fingerprint density at radius 2 is 1.65 bits per heavy atom. The molecule has 204 valence electrons. The third-order valence-corrected chi connectivity index (χ3v) is 7.32. The van der Waals surface area contributed by atoms with Gasteiger partial charge in [0.15, 0.2) is 5.78 Å². The number of Topliss-reactive ketones (excluding diaryl/α,β-unsaturated/α-hetero) is 1. The Hall–Kier alpha value is -2.94. The van der Waals surface area contributed by atoms with Gasteiger partial charge in [-0.15, -0.1) is 0 Å². The molecule has 0 saturated carbocycles. The molecule has 0 radical (unpaired) electrons. The topological polar surface area (TPSA) is 116 Å².